The first-order valence-electron chi connectivity index (χ1n) is 6.34. The summed E-state index contributed by atoms with van der Waals surface area (Å²) in [6.07, 6.45) is -2.12. The van der Waals surface area contributed by atoms with Gasteiger partial charge in [-0.3, -0.25) is 0 Å². The van der Waals surface area contributed by atoms with Crippen LogP contribution in [0.3, 0.4) is 0 Å². The van der Waals surface area contributed by atoms with E-state index in [-0.39, 0.29) is 0 Å². The number of hydrogen-bond acceptors (Lipinski definition) is 2. The molecular weight excluding hydrogens is 378 g/mol. The summed E-state index contributed by atoms with van der Waals surface area (Å²) in [4.78, 5) is 6.80. The predicted molar refractivity (Wildman–Crippen MR) is 90.9 cm³/mol. The molecule has 0 saturated carbocycles. The molecule has 2 aromatic carbocycles. The van der Waals surface area contributed by atoms with Crippen LogP contribution in [0.25, 0.3) is 0 Å². The third-order valence-electron chi connectivity index (χ3n) is 2.59. The van der Waals surface area contributed by atoms with E-state index in [1.807, 2.05) is 36.4 Å². The van der Waals surface area contributed by atoms with Crippen LogP contribution in [0.15, 0.2) is 60.7 Å². The maximum atomic E-state index is 6.53. The van der Waals surface area contributed by atoms with Crippen molar-refractivity contribution in [2.24, 2.45) is 0 Å². The van der Waals surface area contributed by atoms with Crippen LogP contribution in [0, 0.1) is 0 Å². The first-order chi connectivity index (χ1) is 8.92. The molecule has 2 rings (SSSR count). The minimum absolute atomic E-state index is 1.16. The van der Waals surface area contributed by atoms with Crippen molar-refractivity contribution in [3.05, 3.63) is 60.7 Å². The van der Waals surface area contributed by atoms with E-state index in [1.54, 1.807) is 0 Å². The van der Waals surface area contributed by atoms with Crippen LogP contribution in [0.5, 0.6) is 0 Å². The van der Waals surface area contributed by atoms with Crippen molar-refractivity contribution in [3.8, 4) is 0 Å². The molecule has 1 nitrogen and oxygen atoms in total. The van der Waals surface area contributed by atoms with Gasteiger partial charge in [0.2, 0.25) is 0 Å². The van der Waals surface area contributed by atoms with Crippen LogP contribution in [0.2, 0.25) is 14.8 Å². The van der Waals surface area contributed by atoms with Gasteiger partial charge in [0, 0.05) is 0 Å². The summed E-state index contributed by atoms with van der Waals surface area (Å²) in [6.45, 7) is 0. The van der Waals surface area contributed by atoms with Crippen LogP contribution >= 0.6 is 6.26 Å². The van der Waals surface area contributed by atoms with Gasteiger partial charge in [0.15, 0.2) is 0 Å². The fourth-order valence-corrected chi connectivity index (χ4v) is 17.9. The van der Waals surface area contributed by atoms with Crippen molar-refractivity contribution in [1.82, 2.24) is 0 Å². The Hall–Kier alpha value is -0.151. The Labute approximate surface area is 125 Å². The molecule has 0 atom stereocenters. The van der Waals surface area contributed by atoms with Crippen molar-refractivity contribution in [2.75, 3.05) is 0 Å². The fourth-order valence-electron chi connectivity index (χ4n) is 1.89. The van der Waals surface area contributed by atoms with Crippen molar-refractivity contribution < 1.29 is 2.86 Å². The summed E-state index contributed by atoms with van der Waals surface area (Å²) >= 11 is 3.57. The van der Waals surface area contributed by atoms with E-state index in [4.69, 9.17) is 14.7 Å². The number of rotatable bonds is 4. The summed E-state index contributed by atoms with van der Waals surface area (Å²) in [5, 5.41) is 2.31. The summed E-state index contributed by atoms with van der Waals surface area (Å²) in [6, 6.07) is 20.6. The van der Waals surface area contributed by atoms with Crippen LogP contribution in [0.4, 0.5) is 0 Å². The predicted octanol–water partition coefficient (Wildman–Crippen LogP) is 3.88. The van der Waals surface area contributed by atoms with E-state index in [9.17, 15) is 0 Å². The summed E-state index contributed by atoms with van der Waals surface area (Å²) < 4.78 is 6.53. The number of benzene rings is 2. The second-order valence-electron chi connectivity index (χ2n) is 5.43. The molecule has 2 aromatic rings. The first-order valence-corrected chi connectivity index (χ1v) is 18.8. The van der Waals surface area contributed by atoms with Gasteiger partial charge < -0.3 is 0 Å². The van der Waals surface area contributed by atoms with E-state index in [1.165, 1.54) is 0 Å². The van der Waals surface area contributed by atoms with E-state index < -0.39 is 25.1 Å². The minimum atomic E-state index is -2.46. The van der Waals surface area contributed by atoms with Gasteiger partial charge in [0.05, 0.1) is 0 Å². The molecule has 100 valence electrons. The molecule has 0 bridgehead atoms. The van der Waals surface area contributed by atoms with Crippen LogP contribution < -0.4 is 10.6 Å². The van der Waals surface area contributed by atoms with E-state index in [2.05, 4.69) is 39.1 Å². The SMILES string of the molecule is [CH3][Sn]([CH3])([CH3])[O]P(=S)(c1ccccc1)c1ccccc1. The van der Waals surface area contributed by atoms with Crippen LogP contribution in [-0.4, -0.2) is 18.8 Å². The average Bonchev–Trinajstić information content (AvgIpc) is 2.39. The third kappa shape index (κ3) is 3.91. The molecule has 0 amide bonds. The molecule has 0 saturated heterocycles. The Bertz CT molecular complexity index is 535. The Morgan fingerprint density at radius 3 is 1.47 bits per heavy atom. The van der Waals surface area contributed by atoms with Gasteiger partial charge in [-0.25, -0.2) is 0 Å². The van der Waals surface area contributed by atoms with Crippen LogP contribution in [-0.2, 0) is 14.7 Å². The van der Waals surface area contributed by atoms with Gasteiger partial charge in [-0.2, -0.15) is 0 Å². The van der Waals surface area contributed by atoms with Crippen molar-refractivity contribution in [2.45, 2.75) is 14.8 Å². The van der Waals surface area contributed by atoms with Gasteiger partial charge in [-0.15, -0.1) is 0 Å². The van der Waals surface area contributed by atoms with E-state index in [0.717, 1.165) is 10.6 Å². The molecule has 0 radical (unpaired) electrons. The zero-order valence-corrected chi connectivity index (χ0v) is 16.1. The Morgan fingerprint density at radius 2 is 1.16 bits per heavy atom. The Morgan fingerprint density at radius 1 is 0.789 bits per heavy atom. The van der Waals surface area contributed by atoms with Gasteiger partial charge in [-0.05, 0) is 0 Å². The summed E-state index contributed by atoms with van der Waals surface area (Å²) in [7, 11) is 0. The molecule has 0 spiro atoms. The topological polar surface area (TPSA) is 9.23 Å². The molecule has 0 aliphatic carbocycles. The van der Waals surface area contributed by atoms with E-state index >= 15 is 0 Å². The maximum absolute atomic E-state index is 6.53. The molecule has 0 aromatic heterocycles. The summed E-state index contributed by atoms with van der Waals surface area (Å²) in [5.41, 5.74) is 0. The summed E-state index contributed by atoms with van der Waals surface area (Å²) in [5.74, 6) is 0. The van der Waals surface area contributed by atoms with Crippen molar-refractivity contribution in [3.63, 3.8) is 0 Å². The Balaban J connectivity index is 2.55. The molecule has 0 unspecified atom stereocenters. The van der Waals surface area contributed by atoms with Crippen LogP contribution in [0.1, 0.15) is 0 Å². The second kappa shape index (κ2) is 6.09. The van der Waals surface area contributed by atoms with Gasteiger partial charge in [-0.1, -0.05) is 0 Å². The molecule has 0 N–H and O–H groups in total. The van der Waals surface area contributed by atoms with Gasteiger partial charge >= 0.3 is 126 Å². The molecule has 4 heteroatoms. The molecule has 0 aliphatic heterocycles. The van der Waals surface area contributed by atoms with Crippen molar-refractivity contribution >= 4 is 47.5 Å². The van der Waals surface area contributed by atoms with E-state index in [0.29, 0.717) is 0 Å². The van der Waals surface area contributed by atoms with Gasteiger partial charge in [0.1, 0.15) is 0 Å². The number of hydrogen-bond donors (Lipinski definition) is 0. The monoisotopic (exact) mass is 398 g/mol. The first kappa shape index (κ1) is 15.2. The molecular formula is C15H19OPSSn. The fraction of sp³-hybridized carbons (Fsp3) is 0.200. The standard InChI is InChI=1S/C12H11OPS.3CH3.Sn/c13-14(15,11-7-3-1-4-8-11)12-9-5-2-6-10-12;;;;/h1-10H,(H,13,15);3*1H3;/q;;;;+1/p-1. The molecule has 0 heterocycles. The quantitative estimate of drug-likeness (QED) is 0.572. The van der Waals surface area contributed by atoms with Crippen molar-refractivity contribution in [1.29, 1.82) is 0 Å². The molecule has 19 heavy (non-hydrogen) atoms. The van der Waals surface area contributed by atoms with Gasteiger partial charge in [0.25, 0.3) is 0 Å². The molecule has 0 aliphatic rings. The average molecular weight is 397 g/mol. The second-order valence-corrected chi connectivity index (χ2v) is 22.9. The normalized spacial score (nSPS) is 12.4. The molecule has 0 fully saturated rings. The Kier molecular flexibility index (Phi) is 4.88. The zero-order valence-electron chi connectivity index (χ0n) is 11.5. The third-order valence-corrected chi connectivity index (χ3v) is 15.0. The zero-order chi connectivity index (χ0) is 13.9.